The Hall–Kier alpha value is -1.92. The molecule has 0 amide bonds. The van der Waals surface area contributed by atoms with Crippen LogP contribution in [0.2, 0.25) is 0 Å². The monoisotopic (exact) mass is 323 g/mol. The highest BCUT2D eigenvalue weighted by atomic mass is 32.2. The number of aromatic nitrogens is 1. The third-order valence-electron chi connectivity index (χ3n) is 2.50. The summed E-state index contributed by atoms with van der Waals surface area (Å²) in [5.74, 6) is 5.45. The summed E-state index contributed by atoms with van der Waals surface area (Å²) in [5.41, 5.74) is 6.38. The third-order valence-corrected chi connectivity index (χ3v) is 4.62. The number of hydrogen-bond acceptors (Lipinski definition) is 5. The van der Waals surface area contributed by atoms with Crippen LogP contribution in [-0.2, 0) is 16.6 Å². The molecule has 1 heterocycles. The molecular weight excluding hydrogens is 310 g/mol. The summed E-state index contributed by atoms with van der Waals surface area (Å²) >= 11 is 0.986. The van der Waals surface area contributed by atoms with Gasteiger partial charge in [-0.3, -0.25) is 4.79 Å². The molecule has 0 bridgehead atoms. The van der Waals surface area contributed by atoms with Crippen LogP contribution in [0.1, 0.15) is 11.3 Å². The maximum atomic E-state index is 12.2. The second-order valence-electron chi connectivity index (χ2n) is 4.03. The fraction of sp³-hybridized carbons (Fsp3) is 0.154. The molecule has 6 nitrogen and oxygen atoms in total. The van der Waals surface area contributed by atoms with Gasteiger partial charge in [0.1, 0.15) is 0 Å². The molecule has 4 N–H and O–H groups in total. The average molecular weight is 323 g/mol. The van der Waals surface area contributed by atoms with E-state index in [1.807, 2.05) is 0 Å². The van der Waals surface area contributed by atoms with Crippen molar-refractivity contribution < 1.29 is 8.42 Å². The molecule has 2 rings (SSSR count). The zero-order chi connectivity index (χ0) is 15.3. The summed E-state index contributed by atoms with van der Waals surface area (Å²) in [6, 6.07) is 6.27. The predicted octanol–water partition coefficient (Wildman–Crippen LogP) is 0.225. The second-order valence-corrected chi connectivity index (χ2v) is 6.64. The minimum atomic E-state index is -3.66. The molecule has 0 aliphatic carbocycles. The van der Waals surface area contributed by atoms with E-state index < -0.39 is 10.0 Å². The fourth-order valence-electron chi connectivity index (χ4n) is 1.55. The average Bonchev–Trinajstić information content (AvgIpc) is 2.89. The number of nitrogens with one attached hydrogen (secondary N) is 2. The number of H-pyrrole nitrogens is 1. The van der Waals surface area contributed by atoms with Crippen LogP contribution in [0.25, 0.3) is 0 Å². The molecular formula is C13H13N3O3S2. The van der Waals surface area contributed by atoms with E-state index >= 15 is 0 Å². The quantitative estimate of drug-likeness (QED) is 0.700. The van der Waals surface area contributed by atoms with Gasteiger partial charge in [-0.15, -0.1) is 0 Å². The van der Waals surface area contributed by atoms with Crippen molar-refractivity contribution in [2.75, 3.05) is 6.54 Å². The lowest BCUT2D eigenvalue weighted by Gasteiger charge is -2.06. The van der Waals surface area contributed by atoms with Gasteiger partial charge in [-0.05, 0) is 18.2 Å². The number of benzene rings is 1. The number of rotatable bonds is 4. The van der Waals surface area contributed by atoms with Crippen molar-refractivity contribution in [2.45, 2.75) is 11.4 Å². The van der Waals surface area contributed by atoms with Gasteiger partial charge in [0.25, 0.3) is 0 Å². The van der Waals surface area contributed by atoms with E-state index in [0.717, 1.165) is 11.3 Å². The first-order chi connectivity index (χ1) is 10.0. The molecule has 0 atom stereocenters. The van der Waals surface area contributed by atoms with Gasteiger partial charge in [-0.1, -0.05) is 29.2 Å². The van der Waals surface area contributed by atoms with Gasteiger partial charge in [-0.25, -0.2) is 13.1 Å². The van der Waals surface area contributed by atoms with Gasteiger partial charge in [0.05, 0.1) is 18.0 Å². The first-order valence-electron chi connectivity index (χ1n) is 5.96. The number of aromatic amines is 1. The van der Waals surface area contributed by atoms with Crippen molar-refractivity contribution in [1.82, 2.24) is 9.71 Å². The summed E-state index contributed by atoms with van der Waals surface area (Å²) in [6.45, 7) is 0.237. The van der Waals surface area contributed by atoms with Crippen molar-refractivity contribution >= 4 is 21.4 Å². The smallest absolute Gasteiger partial charge is 0.304 e. The number of hydrogen-bond donors (Lipinski definition) is 3. The lowest BCUT2D eigenvalue weighted by molar-refractivity contribution is 0.580. The topological polar surface area (TPSA) is 105 Å². The molecule has 0 saturated carbocycles. The molecule has 1 aromatic carbocycles. The normalized spacial score (nSPS) is 10.9. The SMILES string of the molecule is NCC#Cc1cccc(S(=O)(=O)NCc2csc(=O)[nH]2)c1. The molecule has 0 saturated heterocycles. The van der Waals surface area contributed by atoms with Crippen molar-refractivity contribution in [3.8, 4) is 11.8 Å². The Labute approximate surface area is 126 Å². The van der Waals surface area contributed by atoms with Crippen LogP contribution in [0.4, 0.5) is 0 Å². The maximum absolute atomic E-state index is 12.2. The van der Waals surface area contributed by atoms with Gasteiger partial charge in [-0.2, -0.15) is 0 Å². The molecule has 0 spiro atoms. The van der Waals surface area contributed by atoms with E-state index in [2.05, 4.69) is 21.5 Å². The van der Waals surface area contributed by atoms with Crippen LogP contribution in [0, 0.1) is 11.8 Å². The van der Waals surface area contributed by atoms with Gasteiger partial charge in [0, 0.05) is 16.6 Å². The van der Waals surface area contributed by atoms with Crippen molar-refractivity contribution in [3.63, 3.8) is 0 Å². The van der Waals surface area contributed by atoms with Gasteiger partial charge >= 0.3 is 4.87 Å². The molecule has 0 unspecified atom stereocenters. The van der Waals surface area contributed by atoms with E-state index in [1.54, 1.807) is 17.5 Å². The lowest BCUT2D eigenvalue weighted by atomic mass is 10.2. The maximum Gasteiger partial charge on any atom is 0.304 e. The van der Waals surface area contributed by atoms with Crippen LogP contribution in [0.5, 0.6) is 0 Å². The molecule has 2 aromatic rings. The fourth-order valence-corrected chi connectivity index (χ4v) is 3.18. The Morgan fingerprint density at radius 2 is 2.19 bits per heavy atom. The van der Waals surface area contributed by atoms with Crippen LogP contribution >= 0.6 is 11.3 Å². The minimum Gasteiger partial charge on any atom is -0.320 e. The van der Waals surface area contributed by atoms with Crippen molar-refractivity contribution in [3.05, 3.63) is 50.6 Å². The zero-order valence-corrected chi connectivity index (χ0v) is 12.6. The van der Waals surface area contributed by atoms with E-state index in [1.165, 1.54) is 12.1 Å². The highest BCUT2D eigenvalue weighted by molar-refractivity contribution is 7.89. The third kappa shape index (κ3) is 4.27. The zero-order valence-electron chi connectivity index (χ0n) is 10.9. The van der Waals surface area contributed by atoms with Crippen LogP contribution in [0.3, 0.4) is 0 Å². The summed E-state index contributed by atoms with van der Waals surface area (Å²) in [5, 5.41) is 1.58. The van der Waals surface area contributed by atoms with Crippen LogP contribution in [-0.4, -0.2) is 19.9 Å². The largest absolute Gasteiger partial charge is 0.320 e. The molecule has 1 aromatic heterocycles. The Balaban J connectivity index is 2.17. The van der Waals surface area contributed by atoms with Crippen LogP contribution in [0.15, 0.2) is 39.3 Å². The first-order valence-corrected chi connectivity index (χ1v) is 8.33. The number of nitrogens with two attached hydrogens (primary N) is 1. The predicted molar refractivity (Wildman–Crippen MR) is 81.3 cm³/mol. The molecule has 110 valence electrons. The van der Waals surface area contributed by atoms with Crippen molar-refractivity contribution in [2.24, 2.45) is 5.73 Å². The first kappa shape index (κ1) is 15.5. The second kappa shape index (κ2) is 6.69. The van der Waals surface area contributed by atoms with Crippen LogP contribution < -0.4 is 15.3 Å². The van der Waals surface area contributed by atoms with Crippen molar-refractivity contribution in [1.29, 1.82) is 0 Å². The molecule has 0 radical (unpaired) electrons. The molecule has 0 aliphatic rings. The standard InChI is InChI=1S/C13H13N3O3S2/c14-6-2-4-10-3-1-5-12(7-10)21(18,19)15-8-11-9-20-13(17)16-11/h1,3,5,7,9,15H,6,8,14H2,(H,16,17). The number of sulfonamides is 1. The lowest BCUT2D eigenvalue weighted by Crippen LogP contribution is -2.23. The van der Waals surface area contributed by atoms with E-state index in [0.29, 0.717) is 11.3 Å². The van der Waals surface area contributed by atoms with Gasteiger partial charge in [0.2, 0.25) is 10.0 Å². The Bertz CT molecular complexity index is 841. The highest BCUT2D eigenvalue weighted by Crippen LogP contribution is 2.11. The Kier molecular flexibility index (Phi) is 4.93. The Morgan fingerprint density at radius 1 is 1.38 bits per heavy atom. The number of thiazole rings is 1. The van der Waals surface area contributed by atoms with Gasteiger partial charge in [0.15, 0.2) is 0 Å². The van der Waals surface area contributed by atoms with E-state index in [9.17, 15) is 13.2 Å². The summed E-state index contributed by atoms with van der Waals surface area (Å²) in [6.07, 6.45) is 0. The summed E-state index contributed by atoms with van der Waals surface area (Å²) in [7, 11) is -3.66. The summed E-state index contributed by atoms with van der Waals surface area (Å²) in [4.78, 5) is 13.4. The van der Waals surface area contributed by atoms with E-state index in [-0.39, 0.29) is 22.9 Å². The highest BCUT2D eigenvalue weighted by Gasteiger charge is 2.14. The molecule has 8 heteroatoms. The van der Waals surface area contributed by atoms with Gasteiger partial charge < -0.3 is 10.7 Å². The summed E-state index contributed by atoms with van der Waals surface area (Å²) < 4.78 is 26.8. The molecule has 0 fully saturated rings. The Morgan fingerprint density at radius 3 is 2.86 bits per heavy atom. The van der Waals surface area contributed by atoms with E-state index in [4.69, 9.17) is 5.73 Å². The minimum absolute atomic E-state index is 0.0276. The molecule has 21 heavy (non-hydrogen) atoms. The molecule has 0 aliphatic heterocycles.